The van der Waals surface area contributed by atoms with Crippen molar-refractivity contribution in [3.05, 3.63) is 11.9 Å². The van der Waals surface area contributed by atoms with Crippen LogP contribution in [0.2, 0.25) is 0 Å². The van der Waals surface area contributed by atoms with Gasteiger partial charge in [-0.1, -0.05) is 0 Å². The van der Waals surface area contributed by atoms with Gasteiger partial charge in [0, 0.05) is 0 Å². The molecule has 0 amide bonds. The highest BCUT2D eigenvalue weighted by molar-refractivity contribution is 5.15. The highest BCUT2D eigenvalue weighted by atomic mass is 15.2. The first-order valence-corrected chi connectivity index (χ1v) is 2.51. The third-order valence-corrected chi connectivity index (χ3v) is 1.21. The first-order valence-electron chi connectivity index (χ1n) is 2.51. The topological polar surface area (TPSA) is 50.7 Å². The minimum atomic E-state index is -0.250. The zero-order chi connectivity index (χ0) is 6.20. The molecule has 2 N–H and O–H groups in total. The fourth-order valence-corrected chi connectivity index (χ4v) is 0.451. The summed E-state index contributed by atoms with van der Waals surface area (Å²) in [5.41, 5.74) is 5.97. The molecule has 1 aliphatic rings. The Morgan fingerprint density at radius 1 is 1.62 bits per heavy atom. The summed E-state index contributed by atoms with van der Waals surface area (Å²) < 4.78 is 0. The lowest BCUT2D eigenvalue weighted by Gasteiger charge is -2.11. The summed E-state index contributed by atoms with van der Waals surface area (Å²) in [6.07, 6.45) is 1.58. The highest BCUT2D eigenvalue weighted by Gasteiger charge is 2.23. The van der Waals surface area contributed by atoms with Crippen LogP contribution in [0.1, 0.15) is 13.8 Å². The molecule has 8 heavy (non-hydrogen) atoms. The quantitative estimate of drug-likeness (QED) is 0.498. The van der Waals surface area contributed by atoms with Crippen molar-refractivity contribution in [2.45, 2.75) is 19.4 Å². The first kappa shape index (κ1) is 5.28. The van der Waals surface area contributed by atoms with Crippen LogP contribution in [0.5, 0.6) is 0 Å². The van der Waals surface area contributed by atoms with Crippen molar-refractivity contribution in [2.75, 3.05) is 0 Å². The molecule has 44 valence electrons. The van der Waals surface area contributed by atoms with Crippen LogP contribution in [0, 0.1) is 0 Å². The zero-order valence-corrected chi connectivity index (χ0v) is 5.05. The molecular weight excluding hydrogens is 102 g/mol. The Balaban J connectivity index is 2.87. The summed E-state index contributed by atoms with van der Waals surface area (Å²) in [7, 11) is 0. The average molecular weight is 111 g/mol. The van der Waals surface area contributed by atoms with Gasteiger partial charge in [0.05, 0.1) is 11.9 Å². The lowest BCUT2D eigenvalue weighted by Crippen LogP contribution is -2.22. The number of hydrogen-bond acceptors (Lipinski definition) is 3. The molecule has 0 aromatic carbocycles. The number of hydrogen-bond donors (Lipinski definition) is 1. The summed E-state index contributed by atoms with van der Waals surface area (Å²) in [6, 6.07) is 0. The molecule has 0 bridgehead atoms. The van der Waals surface area contributed by atoms with Gasteiger partial charge in [0.2, 0.25) is 0 Å². The summed E-state index contributed by atoms with van der Waals surface area (Å²) in [5.74, 6) is 0. The van der Waals surface area contributed by atoms with E-state index < -0.39 is 0 Å². The molecular formula is C5H9N3. The van der Waals surface area contributed by atoms with Gasteiger partial charge in [-0.3, -0.25) is 0 Å². The summed E-state index contributed by atoms with van der Waals surface area (Å²) >= 11 is 0. The number of nitrogens with two attached hydrogens (primary N) is 1. The van der Waals surface area contributed by atoms with E-state index in [1.807, 2.05) is 13.8 Å². The molecule has 0 aliphatic carbocycles. The molecule has 0 atom stereocenters. The van der Waals surface area contributed by atoms with Gasteiger partial charge in [-0.05, 0) is 13.8 Å². The van der Waals surface area contributed by atoms with Crippen molar-refractivity contribution in [3.8, 4) is 0 Å². The Labute approximate surface area is 48.3 Å². The van der Waals surface area contributed by atoms with Crippen LogP contribution < -0.4 is 5.73 Å². The smallest absolute Gasteiger partial charge is 0.117 e. The average Bonchev–Trinajstić information content (AvgIpc) is 1.86. The Bertz CT molecular complexity index is 155. The van der Waals surface area contributed by atoms with Gasteiger partial charge in [0.25, 0.3) is 0 Å². The van der Waals surface area contributed by atoms with Gasteiger partial charge in [-0.2, -0.15) is 10.2 Å². The molecule has 0 saturated carbocycles. The highest BCUT2D eigenvalue weighted by Crippen LogP contribution is 2.21. The summed E-state index contributed by atoms with van der Waals surface area (Å²) in [6.45, 7) is 3.85. The number of nitrogens with zero attached hydrogens (tertiary/aromatic N) is 2. The summed E-state index contributed by atoms with van der Waals surface area (Å²) in [5, 5.41) is 7.51. The van der Waals surface area contributed by atoms with Crippen molar-refractivity contribution >= 4 is 0 Å². The van der Waals surface area contributed by atoms with Gasteiger partial charge < -0.3 is 5.73 Å². The Hall–Kier alpha value is -0.860. The maximum Gasteiger partial charge on any atom is 0.117 e. The SMILES string of the molecule is CC1(C)N=NC=C1N. The standard InChI is InChI=1S/C5H9N3/c1-5(2)4(6)3-7-8-5/h3H,6H2,1-2H3. The van der Waals surface area contributed by atoms with E-state index in [0.29, 0.717) is 0 Å². The van der Waals surface area contributed by atoms with E-state index in [1.54, 1.807) is 6.20 Å². The van der Waals surface area contributed by atoms with Crippen molar-refractivity contribution < 1.29 is 0 Å². The van der Waals surface area contributed by atoms with E-state index in [2.05, 4.69) is 10.2 Å². The molecule has 1 heterocycles. The predicted octanol–water partition coefficient (Wildman–Crippen LogP) is 1.03. The second-order valence-corrected chi connectivity index (χ2v) is 2.36. The van der Waals surface area contributed by atoms with Crippen LogP contribution >= 0.6 is 0 Å². The molecule has 1 aliphatic heterocycles. The molecule has 1 rings (SSSR count). The van der Waals surface area contributed by atoms with Gasteiger partial charge >= 0.3 is 0 Å². The van der Waals surface area contributed by atoms with Crippen molar-refractivity contribution in [1.29, 1.82) is 0 Å². The minimum Gasteiger partial charge on any atom is -0.399 e. The van der Waals surface area contributed by atoms with Gasteiger partial charge in [0.1, 0.15) is 5.54 Å². The maximum atomic E-state index is 5.49. The predicted molar refractivity (Wildman–Crippen MR) is 31.2 cm³/mol. The third-order valence-electron chi connectivity index (χ3n) is 1.21. The lowest BCUT2D eigenvalue weighted by atomic mass is 10.1. The monoisotopic (exact) mass is 111 g/mol. The molecule has 0 saturated heterocycles. The lowest BCUT2D eigenvalue weighted by molar-refractivity contribution is 0.602. The molecule has 0 aromatic rings. The van der Waals surface area contributed by atoms with Crippen LogP contribution in [-0.4, -0.2) is 5.54 Å². The summed E-state index contributed by atoms with van der Waals surface area (Å²) in [4.78, 5) is 0. The van der Waals surface area contributed by atoms with Crippen molar-refractivity contribution in [1.82, 2.24) is 0 Å². The third kappa shape index (κ3) is 0.598. The van der Waals surface area contributed by atoms with Crippen LogP contribution in [0.25, 0.3) is 0 Å². The second-order valence-electron chi connectivity index (χ2n) is 2.36. The zero-order valence-electron chi connectivity index (χ0n) is 5.05. The molecule has 3 nitrogen and oxygen atoms in total. The second kappa shape index (κ2) is 1.31. The minimum absolute atomic E-state index is 0.250. The molecule has 0 unspecified atom stereocenters. The fourth-order valence-electron chi connectivity index (χ4n) is 0.451. The molecule has 0 aromatic heterocycles. The van der Waals surface area contributed by atoms with Crippen molar-refractivity contribution in [3.63, 3.8) is 0 Å². The number of rotatable bonds is 0. The van der Waals surface area contributed by atoms with Crippen LogP contribution in [0.4, 0.5) is 0 Å². The normalized spacial score (nSPS) is 23.5. The van der Waals surface area contributed by atoms with E-state index in [9.17, 15) is 0 Å². The Kier molecular flexibility index (Phi) is 0.863. The van der Waals surface area contributed by atoms with E-state index in [1.165, 1.54) is 0 Å². The van der Waals surface area contributed by atoms with E-state index in [0.717, 1.165) is 5.70 Å². The van der Waals surface area contributed by atoms with E-state index >= 15 is 0 Å². The van der Waals surface area contributed by atoms with Crippen LogP contribution in [-0.2, 0) is 0 Å². The number of azo groups is 1. The van der Waals surface area contributed by atoms with Gasteiger partial charge in [0.15, 0.2) is 0 Å². The van der Waals surface area contributed by atoms with Gasteiger partial charge in [-0.15, -0.1) is 0 Å². The van der Waals surface area contributed by atoms with Crippen LogP contribution in [0.3, 0.4) is 0 Å². The fraction of sp³-hybridized carbons (Fsp3) is 0.600. The molecule has 0 spiro atoms. The van der Waals surface area contributed by atoms with E-state index in [-0.39, 0.29) is 5.54 Å². The molecule has 3 heteroatoms. The largest absolute Gasteiger partial charge is 0.399 e. The Morgan fingerprint density at radius 3 is 2.38 bits per heavy atom. The van der Waals surface area contributed by atoms with Gasteiger partial charge in [-0.25, -0.2) is 0 Å². The maximum absolute atomic E-state index is 5.49. The van der Waals surface area contributed by atoms with Crippen LogP contribution in [0.15, 0.2) is 22.1 Å². The van der Waals surface area contributed by atoms with E-state index in [4.69, 9.17) is 5.73 Å². The molecule has 0 fully saturated rings. The van der Waals surface area contributed by atoms with Crippen molar-refractivity contribution in [2.24, 2.45) is 16.0 Å². The first-order chi connectivity index (χ1) is 3.63. The Morgan fingerprint density at radius 2 is 2.25 bits per heavy atom. The molecule has 0 radical (unpaired) electrons.